The number of amides is 8. The number of rotatable bonds is 29. The van der Waals surface area contributed by atoms with Gasteiger partial charge in [0.25, 0.3) is 11.8 Å². The standard InChI is InChI=1S/C48H62N10O14/c1-6-68-27-37-55-41-42(58(37)28-48(4,5)67)33-9-7-8-10-34(33)53-43(41)56-47(66)72-26-31-11-13-32(14-12-31)52-46(65)35(25-36(49)59)54-45(64)30(3)51-44(63)29(2)50-38(60)17-19-69-21-23-71-24-22-70-20-18-57-39(61)15-16-40(57)62/h7-16,29-30,35,67H,6,17-28H2,1-5H3,(H2,49,59)(H,50,60)(H,51,63)(H,52,65)(H,54,64)(H,53,56,66)/t29-,30-,35+/m0/s1. The number of benzene rings is 2. The molecule has 0 bridgehead atoms. The number of hydrogen-bond acceptors (Lipinski definition) is 16. The van der Waals surface area contributed by atoms with Gasteiger partial charge in [-0.05, 0) is 58.4 Å². The molecule has 24 heteroatoms. The first kappa shape index (κ1) is 55.5. The zero-order valence-corrected chi connectivity index (χ0v) is 40.8. The van der Waals surface area contributed by atoms with Gasteiger partial charge in [-0.25, -0.2) is 14.8 Å². The summed E-state index contributed by atoms with van der Waals surface area (Å²) in [5.41, 5.74) is 6.73. The summed E-state index contributed by atoms with van der Waals surface area (Å²) in [6.07, 6.45) is 0.954. The van der Waals surface area contributed by atoms with Crippen LogP contribution in [0.3, 0.4) is 0 Å². The van der Waals surface area contributed by atoms with Crippen LogP contribution >= 0.6 is 0 Å². The van der Waals surface area contributed by atoms with Crippen LogP contribution in [0.15, 0.2) is 60.7 Å². The molecule has 0 saturated carbocycles. The Balaban J connectivity index is 1.03. The van der Waals surface area contributed by atoms with Crippen LogP contribution in [0.5, 0.6) is 0 Å². The van der Waals surface area contributed by atoms with Crippen LogP contribution in [-0.4, -0.2) is 149 Å². The van der Waals surface area contributed by atoms with Crippen molar-refractivity contribution in [1.29, 1.82) is 0 Å². The number of para-hydroxylation sites is 1. The van der Waals surface area contributed by atoms with Crippen molar-refractivity contribution in [2.75, 3.05) is 63.4 Å². The molecule has 2 aromatic carbocycles. The van der Waals surface area contributed by atoms with Gasteiger partial charge < -0.3 is 60.4 Å². The highest BCUT2D eigenvalue weighted by Crippen LogP contribution is 2.32. The molecule has 0 aliphatic carbocycles. The fraction of sp³-hybridized carbons (Fsp3) is 0.458. The Hall–Kier alpha value is -7.38. The molecule has 388 valence electrons. The Morgan fingerprint density at radius 1 is 0.750 bits per heavy atom. The quantitative estimate of drug-likeness (QED) is 0.0298. The Morgan fingerprint density at radius 2 is 1.38 bits per heavy atom. The first-order chi connectivity index (χ1) is 34.3. The molecule has 3 heterocycles. The number of primary amides is 1. The van der Waals surface area contributed by atoms with E-state index in [4.69, 9.17) is 34.4 Å². The van der Waals surface area contributed by atoms with E-state index in [-0.39, 0.29) is 95.7 Å². The van der Waals surface area contributed by atoms with Crippen LogP contribution in [0.2, 0.25) is 0 Å². The summed E-state index contributed by atoms with van der Waals surface area (Å²) in [7, 11) is 0. The normalized spacial score (nSPS) is 13.7. The van der Waals surface area contributed by atoms with Crippen molar-refractivity contribution >= 4 is 80.9 Å². The molecule has 72 heavy (non-hydrogen) atoms. The minimum Gasteiger partial charge on any atom is -0.444 e. The Bertz CT molecular complexity index is 2590. The molecule has 8 N–H and O–H groups in total. The second-order valence-electron chi connectivity index (χ2n) is 17.1. The van der Waals surface area contributed by atoms with Crippen LogP contribution < -0.4 is 32.3 Å². The molecule has 4 aromatic rings. The number of ether oxygens (including phenoxy) is 5. The number of imide groups is 1. The first-order valence-electron chi connectivity index (χ1n) is 23.2. The van der Waals surface area contributed by atoms with E-state index in [0.29, 0.717) is 34.5 Å². The highest BCUT2D eigenvalue weighted by molar-refractivity contribution is 6.13. The fourth-order valence-electron chi connectivity index (χ4n) is 7.03. The van der Waals surface area contributed by atoms with Gasteiger partial charge in [0.1, 0.15) is 42.7 Å². The van der Waals surface area contributed by atoms with E-state index in [1.807, 2.05) is 29.7 Å². The number of nitrogens with one attached hydrogen (secondary N) is 5. The van der Waals surface area contributed by atoms with Gasteiger partial charge in [-0.1, -0.05) is 30.3 Å². The molecule has 24 nitrogen and oxygen atoms in total. The summed E-state index contributed by atoms with van der Waals surface area (Å²) < 4.78 is 29.2. The number of nitrogens with zero attached hydrogens (tertiary/aromatic N) is 4. The largest absolute Gasteiger partial charge is 0.444 e. The maximum Gasteiger partial charge on any atom is 0.413 e. The van der Waals surface area contributed by atoms with E-state index < -0.39 is 65.8 Å². The number of aliphatic hydroxyl groups is 1. The zero-order valence-electron chi connectivity index (χ0n) is 40.8. The summed E-state index contributed by atoms with van der Waals surface area (Å²) in [5.74, 6) is -3.72. The number of nitrogens with two attached hydrogens (primary N) is 1. The molecule has 0 unspecified atom stereocenters. The lowest BCUT2D eigenvalue weighted by atomic mass is 10.1. The number of aromatic nitrogens is 3. The van der Waals surface area contributed by atoms with Gasteiger partial charge in [-0.2, -0.15) is 0 Å². The second kappa shape index (κ2) is 26.7. The lowest BCUT2D eigenvalue weighted by Gasteiger charge is -2.22. The summed E-state index contributed by atoms with van der Waals surface area (Å²) >= 11 is 0. The second-order valence-corrected chi connectivity index (χ2v) is 17.1. The molecule has 0 radical (unpaired) electrons. The van der Waals surface area contributed by atoms with Gasteiger partial charge in [0.05, 0.1) is 75.8 Å². The van der Waals surface area contributed by atoms with Crippen molar-refractivity contribution in [3.8, 4) is 0 Å². The topological polar surface area (TPSA) is 323 Å². The monoisotopic (exact) mass is 1000 g/mol. The molecule has 5 rings (SSSR count). The van der Waals surface area contributed by atoms with Crippen molar-refractivity contribution in [3.05, 3.63) is 72.1 Å². The third kappa shape index (κ3) is 16.9. The Labute approximate surface area is 414 Å². The molecule has 1 aliphatic rings. The highest BCUT2D eigenvalue weighted by Gasteiger charge is 2.28. The average Bonchev–Trinajstić information content (AvgIpc) is 3.85. The number of pyridine rings is 1. The van der Waals surface area contributed by atoms with Gasteiger partial charge in [-0.3, -0.25) is 43.8 Å². The molecule has 2 aromatic heterocycles. The van der Waals surface area contributed by atoms with E-state index in [2.05, 4.69) is 31.6 Å². The molecular formula is C48H62N10O14. The smallest absolute Gasteiger partial charge is 0.413 e. The van der Waals surface area contributed by atoms with Gasteiger partial charge in [-0.15, -0.1) is 0 Å². The molecular weight excluding hydrogens is 941 g/mol. The Morgan fingerprint density at radius 3 is 2.03 bits per heavy atom. The number of carbonyl (C=O) groups is 8. The summed E-state index contributed by atoms with van der Waals surface area (Å²) in [6, 6.07) is 9.91. The lowest BCUT2D eigenvalue weighted by Crippen LogP contribution is -2.55. The predicted molar refractivity (Wildman–Crippen MR) is 259 cm³/mol. The maximum atomic E-state index is 13.3. The molecule has 3 atom stereocenters. The maximum absolute atomic E-state index is 13.3. The third-order valence-electron chi connectivity index (χ3n) is 10.6. The number of anilines is 2. The molecule has 1 aliphatic heterocycles. The van der Waals surface area contributed by atoms with E-state index in [1.165, 1.54) is 38.1 Å². The van der Waals surface area contributed by atoms with Crippen molar-refractivity contribution < 1.29 is 67.1 Å². The lowest BCUT2D eigenvalue weighted by molar-refractivity contribution is -0.138. The summed E-state index contributed by atoms with van der Waals surface area (Å²) in [4.78, 5) is 110. The van der Waals surface area contributed by atoms with E-state index in [1.54, 1.807) is 32.0 Å². The van der Waals surface area contributed by atoms with Crippen LogP contribution in [0.1, 0.15) is 58.8 Å². The van der Waals surface area contributed by atoms with E-state index in [9.17, 15) is 43.5 Å². The number of fused-ring (bicyclic) bond motifs is 3. The van der Waals surface area contributed by atoms with Gasteiger partial charge >= 0.3 is 6.09 Å². The first-order valence-corrected chi connectivity index (χ1v) is 23.2. The summed E-state index contributed by atoms with van der Waals surface area (Å²) in [6.45, 7) is 9.88. The molecule has 0 spiro atoms. The van der Waals surface area contributed by atoms with Crippen LogP contribution in [-0.2, 0) is 77.0 Å². The van der Waals surface area contributed by atoms with Crippen LogP contribution in [0.25, 0.3) is 21.9 Å². The third-order valence-corrected chi connectivity index (χ3v) is 10.6. The van der Waals surface area contributed by atoms with Crippen LogP contribution in [0, 0.1) is 0 Å². The summed E-state index contributed by atoms with van der Waals surface area (Å²) in [5, 5.41) is 24.3. The zero-order chi connectivity index (χ0) is 52.4. The Kier molecular flexibility index (Phi) is 20.6. The molecule has 8 amide bonds. The highest BCUT2D eigenvalue weighted by atomic mass is 16.6. The predicted octanol–water partition coefficient (Wildman–Crippen LogP) is 1.31. The number of carbonyl (C=O) groups excluding carboxylic acids is 8. The van der Waals surface area contributed by atoms with Crippen LogP contribution in [0.4, 0.5) is 16.3 Å². The van der Waals surface area contributed by atoms with Gasteiger partial charge in [0.15, 0.2) is 5.82 Å². The SMILES string of the molecule is CCOCc1nc2c(NC(=O)OCc3ccc(NC(=O)[C@@H](CC(N)=O)NC(=O)[C@H](C)NC(=O)[C@H](C)NC(=O)CCOCCOCCOCCN4C(=O)C=CC4=O)cc3)nc3ccccc3c2n1CC(C)(C)O. The van der Waals surface area contributed by atoms with Gasteiger partial charge in [0, 0.05) is 36.3 Å². The van der Waals surface area contributed by atoms with Crippen molar-refractivity contribution in [1.82, 2.24) is 35.4 Å². The van der Waals surface area contributed by atoms with Crippen molar-refractivity contribution in [2.45, 2.75) is 90.9 Å². The fourth-order valence-corrected chi connectivity index (χ4v) is 7.03. The van der Waals surface area contributed by atoms with Gasteiger partial charge in [0.2, 0.25) is 29.5 Å². The van der Waals surface area contributed by atoms with Crippen molar-refractivity contribution in [3.63, 3.8) is 0 Å². The van der Waals surface area contributed by atoms with E-state index in [0.717, 1.165) is 10.3 Å². The van der Waals surface area contributed by atoms with E-state index >= 15 is 0 Å². The minimum absolute atomic E-state index is 0.0399. The molecule has 0 saturated heterocycles. The minimum atomic E-state index is -1.42. The number of hydrogen-bond donors (Lipinski definition) is 7. The molecule has 0 fully saturated rings. The van der Waals surface area contributed by atoms with Crippen molar-refractivity contribution in [2.24, 2.45) is 5.73 Å². The number of imidazole rings is 1. The average molecular weight is 1000 g/mol.